The maximum atomic E-state index is 11.9. The maximum absolute atomic E-state index is 11.9. The standard InChI is InChI=1S/C17H19ClN4O4S/c1-3-26-16(23)11-8-19-22(9-11)17-20-13-7-15(27)12(18)6-14(13)21(17)10-25-5-4-24-2/h6-9,27H,3-5,10H2,1-2H3. The van der Waals surface area contributed by atoms with Crippen LogP contribution in [0, 0.1) is 0 Å². The van der Waals surface area contributed by atoms with Crippen LogP contribution in [0.15, 0.2) is 29.4 Å². The van der Waals surface area contributed by atoms with Crippen molar-refractivity contribution in [3.63, 3.8) is 0 Å². The topological polar surface area (TPSA) is 80.4 Å². The molecule has 0 saturated carbocycles. The van der Waals surface area contributed by atoms with Crippen LogP contribution in [0.2, 0.25) is 5.02 Å². The minimum absolute atomic E-state index is 0.214. The van der Waals surface area contributed by atoms with Crippen LogP contribution in [-0.2, 0) is 20.9 Å². The Morgan fingerprint density at radius 3 is 2.89 bits per heavy atom. The van der Waals surface area contributed by atoms with E-state index in [-0.39, 0.29) is 6.73 Å². The van der Waals surface area contributed by atoms with Gasteiger partial charge in [-0.2, -0.15) is 5.10 Å². The second kappa shape index (κ2) is 8.75. The number of fused-ring (bicyclic) bond motifs is 1. The summed E-state index contributed by atoms with van der Waals surface area (Å²) in [7, 11) is 1.61. The van der Waals surface area contributed by atoms with Crippen molar-refractivity contribution in [1.29, 1.82) is 0 Å². The third kappa shape index (κ3) is 4.27. The normalized spacial score (nSPS) is 11.3. The Morgan fingerprint density at radius 1 is 1.33 bits per heavy atom. The van der Waals surface area contributed by atoms with Gasteiger partial charge >= 0.3 is 5.97 Å². The van der Waals surface area contributed by atoms with Crippen molar-refractivity contribution >= 4 is 41.2 Å². The summed E-state index contributed by atoms with van der Waals surface area (Å²) in [6.07, 6.45) is 3.00. The fraction of sp³-hybridized carbons (Fsp3) is 0.353. The first-order valence-corrected chi connectivity index (χ1v) is 9.05. The van der Waals surface area contributed by atoms with E-state index < -0.39 is 5.97 Å². The minimum Gasteiger partial charge on any atom is -0.462 e. The van der Waals surface area contributed by atoms with Gasteiger partial charge in [-0.15, -0.1) is 12.6 Å². The van der Waals surface area contributed by atoms with Crippen molar-refractivity contribution in [3.8, 4) is 5.95 Å². The van der Waals surface area contributed by atoms with Crippen LogP contribution in [0.1, 0.15) is 17.3 Å². The molecule has 0 aliphatic carbocycles. The van der Waals surface area contributed by atoms with Crippen molar-refractivity contribution in [2.45, 2.75) is 18.6 Å². The fourth-order valence-corrected chi connectivity index (χ4v) is 2.82. The van der Waals surface area contributed by atoms with Crippen LogP contribution in [-0.4, -0.2) is 52.2 Å². The summed E-state index contributed by atoms with van der Waals surface area (Å²) in [6, 6.07) is 3.54. The molecule has 2 heterocycles. The fourth-order valence-electron chi connectivity index (χ4n) is 2.47. The molecule has 0 aliphatic heterocycles. The van der Waals surface area contributed by atoms with E-state index in [1.165, 1.54) is 10.9 Å². The first-order valence-electron chi connectivity index (χ1n) is 8.22. The van der Waals surface area contributed by atoms with E-state index in [9.17, 15) is 4.79 Å². The molecule has 0 amide bonds. The second-order valence-electron chi connectivity index (χ2n) is 5.56. The molecule has 3 aromatic rings. The predicted octanol–water partition coefficient (Wildman–Crippen LogP) is 2.96. The van der Waals surface area contributed by atoms with Gasteiger partial charge in [-0.3, -0.25) is 4.57 Å². The first kappa shape index (κ1) is 19.7. The van der Waals surface area contributed by atoms with Crippen LogP contribution in [0.3, 0.4) is 0 Å². The number of rotatable bonds is 8. The van der Waals surface area contributed by atoms with Gasteiger partial charge in [-0.05, 0) is 19.1 Å². The Labute approximate surface area is 166 Å². The number of hydrogen-bond donors (Lipinski definition) is 1. The number of thiol groups is 1. The lowest BCUT2D eigenvalue weighted by Gasteiger charge is -2.10. The van der Waals surface area contributed by atoms with Crippen molar-refractivity contribution in [2.24, 2.45) is 0 Å². The number of imidazole rings is 1. The van der Waals surface area contributed by atoms with Crippen molar-refractivity contribution in [1.82, 2.24) is 19.3 Å². The number of aromatic nitrogens is 4. The molecule has 3 rings (SSSR count). The summed E-state index contributed by atoms with van der Waals surface area (Å²) in [4.78, 5) is 17.1. The third-order valence-electron chi connectivity index (χ3n) is 3.75. The molecular weight excluding hydrogens is 392 g/mol. The molecule has 0 saturated heterocycles. The van der Waals surface area contributed by atoms with Gasteiger partial charge in [-0.25, -0.2) is 14.5 Å². The average molecular weight is 411 g/mol. The van der Waals surface area contributed by atoms with E-state index in [1.807, 2.05) is 4.57 Å². The smallest absolute Gasteiger partial charge is 0.341 e. The van der Waals surface area contributed by atoms with E-state index in [0.29, 0.717) is 46.8 Å². The lowest BCUT2D eigenvalue weighted by atomic mass is 10.3. The summed E-state index contributed by atoms with van der Waals surface area (Å²) in [5, 5.41) is 4.74. The van der Waals surface area contributed by atoms with Crippen molar-refractivity contribution < 1.29 is 19.0 Å². The number of ether oxygens (including phenoxy) is 3. The monoisotopic (exact) mass is 410 g/mol. The average Bonchev–Trinajstić information content (AvgIpc) is 3.25. The number of halogens is 1. The zero-order chi connectivity index (χ0) is 19.4. The van der Waals surface area contributed by atoms with E-state index >= 15 is 0 Å². The number of carbonyl (C=O) groups excluding carboxylic acids is 1. The summed E-state index contributed by atoms with van der Waals surface area (Å²) < 4.78 is 19.0. The highest BCUT2D eigenvalue weighted by molar-refractivity contribution is 7.80. The molecule has 144 valence electrons. The molecule has 0 unspecified atom stereocenters. The molecular formula is C17H19ClN4O4S. The SMILES string of the molecule is CCOC(=O)c1cnn(-c2nc3cc(S)c(Cl)cc3n2COCCOC)c1. The maximum Gasteiger partial charge on any atom is 0.341 e. The van der Waals surface area contributed by atoms with Crippen LogP contribution in [0.25, 0.3) is 17.0 Å². The molecule has 0 aliphatic rings. The quantitative estimate of drug-likeness (QED) is 0.349. The molecule has 0 atom stereocenters. The van der Waals surface area contributed by atoms with E-state index in [1.54, 1.807) is 32.4 Å². The molecule has 27 heavy (non-hydrogen) atoms. The lowest BCUT2D eigenvalue weighted by molar-refractivity contribution is 0.0356. The van der Waals surface area contributed by atoms with Crippen LogP contribution >= 0.6 is 24.2 Å². The molecule has 0 fully saturated rings. The van der Waals surface area contributed by atoms with E-state index in [4.69, 9.17) is 25.8 Å². The van der Waals surface area contributed by atoms with E-state index in [2.05, 4.69) is 22.7 Å². The van der Waals surface area contributed by atoms with Gasteiger partial charge in [-0.1, -0.05) is 11.6 Å². The van der Waals surface area contributed by atoms with Crippen molar-refractivity contribution in [2.75, 3.05) is 26.9 Å². The third-order valence-corrected chi connectivity index (χ3v) is 4.56. The Hall–Kier alpha value is -2.07. The highest BCUT2D eigenvalue weighted by Crippen LogP contribution is 2.28. The predicted molar refractivity (Wildman–Crippen MR) is 103 cm³/mol. The molecule has 0 bridgehead atoms. The first-order chi connectivity index (χ1) is 13.0. The van der Waals surface area contributed by atoms with Gasteiger partial charge < -0.3 is 14.2 Å². The second-order valence-corrected chi connectivity index (χ2v) is 6.45. The minimum atomic E-state index is -0.441. The number of carbonyl (C=O) groups is 1. The Morgan fingerprint density at radius 2 is 2.15 bits per heavy atom. The van der Waals surface area contributed by atoms with Gasteiger partial charge in [0.2, 0.25) is 5.95 Å². The van der Waals surface area contributed by atoms with E-state index in [0.717, 1.165) is 5.52 Å². The van der Waals surface area contributed by atoms with Gasteiger partial charge in [0.15, 0.2) is 0 Å². The molecule has 0 N–H and O–H groups in total. The largest absolute Gasteiger partial charge is 0.462 e. The Kier molecular flexibility index (Phi) is 6.38. The zero-order valence-corrected chi connectivity index (χ0v) is 16.5. The molecule has 0 spiro atoms. The summed E-state index contributed by atoms with van der Waals surface area (Å²) in [6.45, 7) is 3.14. The summed E-state index contributed by atoms with van der Waals surface area (Å²) >= 11 is 10.6. The molecule has 8 nitrogen and oxygen atoms in total. The highest BCUT2D eigenvalue weighted by Gasteiger charge is 2.17. The number of hydrogen-bond acceptors (Lipinski definition) is 7. The summed E-state index contributed by atoms with van der Waals surface area (Å²) in [5.41, 5.74) is 1.78. The van der Waals surface area contributed by atoms with Crippen LogP contribution < -0.4 is 0 Å². The Balaban J connectivity index is 2.01. The van der Waals surface area contributed by atoms with Gasteiger partial charge in [0.1, 0.15) is 6.73 Å². The van der Waals surface area contributed by atoms with Gasteiger partial charge in [0, 0.05) is 18.2 Å². The Bertz CT molecular complexity index is 956. The van der Waals surface area contributed by atoms with Crippen molar-refractivity contribution in [3.05, 3.63) is 35.1 Å². The molecule has 10 heteroatoms. The number of nitrogens with zero attached hydrogens (tertiary/aromatic N) is 4. The van der Waals surface area contributed by atoms with Crippen LogP contribution in [0.5, 0.6) is 0 Å². The van der Waals surface area contributed by atoms with Gasteiger partial charge in [0.05, 0.1) is 47.6 Å². The molecule has 0 radical (unpaired) electrons. The van der Waals surface area contributed by atoms with Gasteiger partial charge in [0.25, 0.3) is 0 Å². The highest BCUT2D eigenvalue weighted by atomic mass is 35.5. The number of esters is 1. The summed E-state index contributed by atoms with van der Waals surface area (Å²) in [5.74, 6) is 0.0383. The molecule has 2 aromatic heterocycles. The molecule has 1 aromatic carbocycles. The number of methoxy groups -OCH3 is 1. The van der Waals surface area contributed by atoms with Crippen LogP contribution in [0.4, 0.5) is 0 Å². The number of benzene rings is 1. The lowest BCUT2D eigenvalue weighted by Crippen LogP contribution is -2.12. The zero-order valence-electron chi connectivity index (χ0n) is 14.9.